The molecule has 1 aliphatic carbocycles. The smallest absolute Gasteiger partial charge is 0.245 e. The van der Waals surface area contributed by atoms with Crippen LogP contribution in [0.2, 0.25) is 0 Å². The Balaban J connectivity index is 1.75. The molecule has 1 aliphatic heterocycles. The molecule has 1 saturated heterocycles. The summed E-state index contributed by atoms with van der Waals surface area (Å²) in [5, 5.41) is 0. The minimum Gasteiger partial charge on any atom is -0.339 e. The molecule has 4 heteroatoms. The quantitative estimate of drug-likeness (QED) is 0.619. The van der Waals surface area contributed by atoms with E-state index < -0.39 is 0 Å². The van der Waals surface area contributed by atoms with E-state index in [1.54, 1.807) is 4.90 Å². The third kappa shape index (κ3) is 3.67. The Morgan fingerprint density at radius 3 is 2.69 bits per heavy atom. The number of hydrogen-bond donors (Lipinski definition) is 0. The van der Waals surface area contributed by atoms with Gasteiger partial charge < -0.3 is 9.80 Å². The Labute approximate surface area is 155 Å². The van der Waals surface area contributed by atoms with E-state index in [0.29, 0.717) is 32.5 Å². The van der Waals surface area contributed by atoms with Crippen molar-refractivity contribution in [2.75, 3.05) is 19.6 Å². The maximum atomic E-state index is 13.3. The molecule has 136 valence electrons. The maximum Gasteiger partial charge on any atom is 0.245 e. The zero-order valence-electron chi connectivity index (χ0n) is 15.2. The molecule has 1 fully saturated rings. The molecule has 0 aromatic heterocycles. The highest BCUT2D eigenvalue weighted by Crippen LogP contribution is 2.35. The predicted octanol–water partition coefficient (Wildman–Crippen LogP) is 2.95. The van der Waals surface area contributed by atoms with Crippen LogP contribution in [-0.4, -0.2) is 41.2 Å². The monoisotopic (exact) mass is 350 g/mol. The number of rotatable bonds is 4. The van der Waals surface area contributed by atoms with Gasteiger partial charge in [0.05, 0.1) is 12.6 Å². The molecule has 0 radical (unpaired) electrons. The van der Waals surface area contributed by atoms with Crippen LogP contribution in [0.4, 0.5) is 0 Å². The SMILES string of the molecule is C#CCN(C(=O)C1CCN(C(=O)C=C)CC1)C1CCCc2ccccc21. The van der Waals surface area contributed by atoms with Crippen molar-refractivity contribution in [3.8, 4) is 12.3 Å². The van der Waals surface area contributed by atoms with Crippen LogP contribution in [0.3, 0.4) is 0 Å². The largest absolute Gasteiger partial charge is 0.339 e. The lowest BCUT2D eigenvalue weighted by Gasteiger charge is -2.39. The third-order valence-electron chi connectivity index (χ3n) is 5.59. The highest BCUT2D eigenvalue weighted by atomic mass is 16.2. The van der Waals surface area contributed by atoms with Crippen LogP contribution in [-0.2, 0) is 16.0 Å². The van der Waals surface area contributed by atoms with Crippen LogP contribution in [0.15, 0.2) is 36.9 Å². The Morgan fingerprint density at radius 2 is 2.00 bits per heavy atom. The van der Waals surface area contributed by atoms with Crippen LogP contribution in [0.25, 0.3) is 0 Å². The molecule has 1 atom stereocenters. The van der Waals surface area contributed by atoms with E-state index in [0.717, 1.165) is 19.3 Å². The van der Waals surface area contributed by atoms with Crippen molar-refractivity contribution in [3.63, 3.8) is 0 Å². The molecule has 0 spiro atoms. The second-order valence-electron chi connectivity index (χ2n) is 7.08. The lowest BCUT2D eigenvalue weighted by molar-refractivity contribution is -0.141. The number of nitrogens with zero attached hydrogens (tertiary/aromatic N) is 2. The van der Waals surface area contributed by atoms with Crippen molar-refractivity contribution in [1.29, 1.82) is 0 Å². The van der Waals surface area contributed by atoms with Crippen LogP contribution in [0, 0.1) is 18.3 Å². The summed E-state index contributed by atoms with van der Waals surface area (Å²) in [5.41, 5.74) is 2.56. The van der Waals surface area contributed by atoms with Gasteiger partial charge in [-0.25, -0.2) is 0 Å². The molecule has 2 amide bonds. The Kier molecular flexibility index (Phi) is 5.78. The molecule has 26 heavy (non-hydrogen) atoms. The Bertz CT molecular complexity index is 726. The van der Waals surface area contributed by atoms with Crippen molar-refractivity contribution < 1.29 is 9.59 Å². The summed E-state index contributed by atoms with van der Waals surface area (Å²) in [7, 11) is 0. The van der Waals surface area contributed by atoms with Crippen molar-refractivity contribution in [1.82, 2.24) is 9.80 Å². The molecular formula is C22H26N2O2. The van der Waals surface area contributed by atoms with E-state index in [4.69, 9.17) is 6.42 Å². The van der Waals surface area contributed by atoms with E-state index >= 15 is 0 Å². The zero-order valence-corrected chi connectivity index (χ0v) is 15.2. The maximum absolute atomic E-state index is 13.3. The first-order valence-corrected chi connectivity index (χ1v) is 9.38. The highest BCUT2D eigenvalue weighted by Gasteiger charge is 2.34. The van der Waals surface area contributed by atoms with E-state index in [1.165, 1.54) is 17.2 Å². The zero-order chi connectivity index (χ0) is 18.5. The molecule has 2 aliphatic rings. The summed E-state index contributed by atoms with van der Waals surface area (Å²) in [5.74, 6) is 2.69. The lowest BCUT2D eigenvalue weighted by atomic mass is 9.85. The minimum absolute atomic E-state index is 0.0578. The third-order valence-corrected chi connectivity index (χ3v) is 5.59. The molecule has 4 nitrogen and oxygen atoms in total. The number of hydrogen-bond acceptors (Lipinski definition) is 2. The van der Waals surface area contributed by atoms with E-state index in [9.17, 15) is 9.59 Å². The van der Waals surface area contributed by atoms with Gasteiger partial charge in [-0.15, -0.1) is 6.42 Å². The van der Waals surface area contributed by atoms with Crippen LogP contribution in [0.5, 0.6) is 0 Å². The van der Waals surface area contributed by atoms with Gasteiger partial charge in [-0.3, -0.25) is 9.59 Å². The summed E-state index contributed by atoms with van der Waals surface area (Å²) < 4.78 is 0. The van der Waals surface area contributed by atoms with Crippen LogP contribution >= 0.6 is 0 Å². The molecular weight excluding hydrogens is 324 g/mol. The molecule has 0 saturated carbocycles. The van der Waals surface area contributed by atoms with Gasteiger partial charge in [0.15, 0.2) is 0 Å². The average molecular weight is 350 g/mol. The number of carbonyl (C=O) groups is 2. The molecule has 1 unspecified atom stereocenters. The summed E-state index contributed by atoms with van der Waals surface area (Å²) in [6.07, 6.45) is 11.4. The predicted molar refractivity (Wildman–Crippen MR) is 102 cm³/mol. The molecule has 1 aromatic carbocycles. The van der Waals surface area contributed by atoms with Gasteiger partial charge in [0.2, 0.25) is 11.8 Å². The van der Waals surface area contributed by atoms with Gasteiger partial charge in [0.1, 0.15) is 0 Å². The van der Waals surface area contributed by atoms with Crippen molar-refractivity contribution in [2.24, 2.45) is 5.92 Å². The molecule has 3 rings (SSSR count). The average Bonchev–Trinajstić information content (AvgIpc) is 2.70. The normalized spacial score (nSPS) is 20.0. The number of piperidine rings is 1. The Hall–Kier alpha value is -2.54. The number of fused-ring (bicyclic) bond motifs is 1. The minimum atomic E-state index is -0.0636. The standard InChI is InChI=1S/C22H26N2O2/c1-3-14-24(20-11-7-9-17-8-5-6-10-19(17)20)22(26)18-12-15-23(16-13-18)21(25)4-2/h1,4-6,8,10,18,20H,2,7,9,11-16H2. The lowest BCUT2D eigenvalue weighted by Crippen LogP contribution is -2.45. The molecule has 0 bridgehead atoms. The van der Waals surface area contributed by atoms with Gasteiger partial charge in [0, 0.05) is 19.0 Å². The summed E-state index contributed by atoms with van der Waals surface area (Å²) in [6, 6.07) is 8.44. The van der Waals surface area contributed by atoms with Gasteiger partial charge in [0.25, 0.3) is 0 Å². The van der Waals surface area contributed by atoms with E-state index in [1.807, 2.05) is 11.0 Å². The topological polar surface area (TPSA) is 40.6 Å². The second-order valence-corrected chi connectivity index (χ2v) is 7.08. The fourth-order valence-electron chi connectivity index (χ4n) is 4.20. The number of likely N-dealkylation sites (tertiary alicyclic amines) is 1. The molecule has 1 heterocycles. The summed E-state index contributed by atoms with van der Waals surface area (Å²) in [6.45, 7) is 5.08. The van der Waals surface area contributed by atoms with Gasteiger partial charge in [-0.2, -0.15) is 0 Å². The first-order valence-electron chi connectivity index (χ1n) is 9.38. The number of amides is 2. The first kappa shape index (κ1) is 18.3. The Morgan fingerprint density at radius 1 is 1.27 bits per heavy atom. The molecule has 1 aromatic rings. The summed E-state index contributed by atoms with van der Waals surface area (Å²) in [4.78, 5) is 28.7. The van der Waals surface area contributed by atoms with Crippen LogP contribution in [0.1, 0.15) is 42.9 Å². The van der Waals surface area contributed by atoms with Gasteiger partial charge >= 0.3 is 0 Å². The van der Waals surface area contributed by atoms with Crippen LogP contribution < -0.4 is 0 Å². The number of terminal acetylenes is 1. The number of carbonyl (C=O) groups excluding carboxylic acids is 2. The summed E-state index contributed by atoms with van der Waals surface area (Å²) >= 11 is 0. The van der Waals surface area contributed by atoms with Crippen molar-refractivity contribution >= 4 is 11.8 Å². The van der Waals surface area contributed by atoms with Gasteiger partial charge in [-0.1, -0.05) is 36.8 Å². The second kappa shape index (κ2) is 8.23. The first-order chi connectivity index (χ1) is 12.7. The number of benzene rings is 1. The number of aryl methyl sites for hydroxylation is 1. The molecule has 0 N–H and O–H groups in total. The van der Waals surface area contributed by atoms with Crippen molar-refractivity contribution in [2.45, 2.75) is 38.1 Å². The highest BCUT2D eigenvalue weighted by molar-refractivity contribution is 5.87. The van der Waals surface area contributed by atoms with E-state index in [-0.39, 0.29) is 23.8 Å². The van der Waals surface area contributed by atoms with Crippen molar-refractivity contribution in [3.05, 3.63) is 48.0 Å². The fraction of sp³-hybridized carbons (Fsp3) is 0.455. The fourth-order valence-corrected chi connectivity index (χ4v) is 4.20. The van der Waals surface area contributed by atoms with Gasteiger partial charge in [-0.05, 0) is 49.3 Å². The van der Waals surface area contributed by atoms with E-state index in [2.05, 4.69) is 30.7 Å².